The summed E-state index contributed by atoms with van der Waals surface area (Å²) in [5, 5.41) is 0. The molecule has 0 saturated heterocycles. The third-order valence-corrected chi connectivity index (χ3v) is 4.97. The highest BCUT2D eigenvalue weighted by atomic mass is 14.2. The number of hydrogen-bond donors (Lipinski definition) is 0. The Kier molecular flexibility index (Phi) is 7.39. The van der Waals surface area contributed by atoms with Crippen LogP contribution in [0.15, 0.2) is 48.5 Å². The number of aryl methyl sites for hydroxylation is 2. The molecule has 0 heteroatoms. The first-order chi connectivity index (χ1) is 11.3. The molecular weight excluding hydrogens is 276 g/mol. The van der Waals surface area contributed by atoms with Crippen molar-refractivity contribution in [2.45, 2.75) is 71.6 Å². The lowest BCUT2D eigenvalue weighted by Gasteiger charge is -2.23. The first-order valence-corrected chi connectivity index (χ1v) is 9.47. The molecular formula is C23H32. The lowest BCUT2D eigenvalue weighted by atomic mass is 9.81. The average Bonchev–Trinajstić information content (AvgIpc) is 2.62. The van der Waals surface area contributed by atoms with Crippen molar-refractivity contribution in [1.82, 2.24) is 0 Å². The predicted octanol–water partition coefficient (Wildman–Crippen LogP) is 6.91. The maximum atomic E-state index is 2.36. The van der Waals surface area contributed by atoms with E-state index in [1.807, 2.05) is 0 Å². The summed E-state index contributed by atoms with van der Waals surface area (Å²) in [5.41, 5.74) is 6.12. The summed E-state index contributed by atoms with van der Waals surface area (Å²) >= 11 is 0. The zero-order chi connectivity index (χ0) is 16.5. The van der Waals surface area contributed by atoms with Crippen molar-refractivity contribution in [2.75, 3.05) is 0 Å². The van der Waals surface area contributed by atoms with Crippen LogP contribution in [-0.4, -0.2) is 0 Å². The number of benzene rings is 2. The van der Waals surface area contributed by atoms with E-state index in [2.05, 4.69) is 69.3 Å². The fourth-order valence-corrected chi connectivity index (χ4v) is 3.65. The minimum atomic E-state index is 0.555. The molecule has 2 aromatic carbocycles. The Morgan fingerprint density at radius 3 is 1.65 bits per heavy atom. The van der Waals surface area contributed by atoms with E-state index in [-0.39, 0.29) is 0 Å². The minimum absolute atomic E-state index is 0.555. The van der Waals surface area contributed by atoms with Gasteiger partial charge in [-0.1, -0.05) is 95.0 Å². The van der Waals surface area contributed by atoms with E-state index >= 15 is 0 Å². The Bertz CT molecular complexity index is 535. The number of unbranched alkanes of at least 4 members (excludes halogenated alkanes) is 3. The van der Waals surface area contributed by atoms with Crippen molar-refractivity contribution in [3.63, 3.8) is 0 Å². The lowest BCUT2D eigenvalue weighted by molar-refractivity contribution is 0.592. The van der Waals surface area contributed by atoms with Crippen LogP contribution in [0.5, 0.6) is 0 Å². The molecule has 0 atom stereocenters. The van der Waals surface area contributed by atoms with Crippen LogP contribution in [0, 0.1) is 0 Å². The van der Waals surface area contributed by atoms with E-state index < -0.39 is 0 Å². The van der Waals surface area contributed by atoms with E-state index in [0.29, 0.717) is 5.92 Å². The fraction of sp³-hybridized carbons (Fsp3) is 0.478. The quantitative estimate of drug-likeness (QED) is 0.441. The zero-order valence-corrected chi connectivity index (χ0v) is 15.1. The van der Waals surface area contributed by atoms with Gasteiger partial charge in [0.05, 0.1) is 0 Å². The normalized spacial score (nSPS) is 11.1. The second-order valence-corrected chi connectivity index (χ2v) is 6.51. The molecule has 0 N–H and O–H groups in total. The molecule has 0 fully saturated rings. The van der Waals surface area contributed by atoms with E-state index in [9.17, 15) is 0 Å². The number of rotatable bonds is 9. The van der Waals surface area contributed by atoms with Crippen LogP contribution in [0.1, 0.15) is 81.0 Å². The smallest absolute Gasteiger partial charge is 0.00947 e. The summed E-state index contributed by atoms with van der Waals surface area (Å²) in [6.45, 7) is 6.84. The number of hydrogen-bond acceptors (Lipinski definition) is 0. The Morgan fingerprint density at radius 2 is 1.17 bits per heavy atom. The Balaban J connectivity index is 2.35. The Morgan fingerprint density at radius 1 is 0.652 bits per heavy atom. The van der Waals surface area contributed by atoms with Gasteiger partial charge in [-0.3, -0.25) is 0 Å². The zero-order valence-electron chi connectivity index (χ0n) is 15.1. The second kappa shape index (κ2) is 9.55. The molecule has 0 aliphatic carbocycles. The second-order valence-electron chi connectivity index (χ2n) is 6.51. The van der Waals surface area contributed by atoms with Crippen molar-refractivity contribution in [3.05, 3.63) is 70.8 Å². The van der Waals surface area contributed by atoms with Crippen LogP contribution in [0.3, 0.4) is 0 Å². The van der Waals surface area contributed by atoms with Gasteiger partial charge < -0.3 is 0 Å². The molecule has 0 aliphatic heterocycles. The topological polar surface area (TPSA) is 0 Å². The van der Waals surface area contributed by atoms with E-state index in [1.54, 1.807) is 11.1 Å². The molecule has 0 aliphatic rings. The molecule has 124 valence electrons. The minimum Gasteiger partial charge on any atom is -0.0654 e. The monoisotopic (exact) mass is 308 g/mol. The largest absolute Gasteiger partial charge is 0.0654 e. The van der Waals surface area contributed by atoms with Gasteiger partial charge in [0, 0.05) is 5.92 Å². The van der Waals surface area contributed by atoms with Crippen molar-refractivity contribution in [1.29, 1.82) is 0 Å². The van der Waals surface area contributed by atoms with Gasteiger partial charge in [-0.25, -0.2) is 0 Å². The van der Waals surface area contributed by atoms with Crippen LogP contribution in [0.25, 0.3) is 0 Å². The van der Waals surface area contributed by atoms with Gasteiger partial charge in [-0.15, -0.1) is 0 Å². The lowest BCUT2D eigenvalue weighted by Crippen LogP contribution is -2.07. The third kappa shape index (κ3) is 4.70. The first kappa shape index (κ1) is 17.8. The van der Waals surface area contributed by atoms with Gasteiger partial charge in [0.15, 0.2) is 0 Å². The Labute approximate surface area is 143 Å². The van der Waals surface area contributed by atoms with E-state index in [0.717, 1.165) is 12.8 Å². The molecule has 0 spiro atoms. The standard InChI is InChI=1S/C23H32/c1-4-7-8-9-18-23(21-16-12-10-14-19(21)5-2)22-17-13-11-15-20(22)6-3/h10-17,23H,4-9,18H2,1-3H3. The average molecular weight is 309 g/mol. The van der Waals surface area contributed by atoms with Crippen LogP contribution >= 0.6 is 0 Å². The molecule has 23 heavy (non-hydrogen) atoms. The summed E-state index contributed by atoms with van der Waals surface area (Å²) in [4.78, 5) is 0. The van der Waals surface area contributed by atoms with Crippen LogP contribution in [-0.2, 0) is 12.8 Å². The molecule has 0 bridgehead atoms. The van der Waals surface area contributed by atoms with Crippen molar-refractivity contribution in [3.8, 4) is 0 Å². The third-order valence-electron chi connectivity index (χ3n) is 4.97. The maximum Gasteiger partial charge on any atom is 0.00947 e. The van der Waals surface area contributed by atoms with Gasteiger partial charge in [0.1, 0.15) is 0 Å². The van der Waals surface area contributed by atoms with Crippen molar-refractivity contribution in [2.24, 2.45) is 0 Å². The summed E-state index contributed by atoms with van der Waals surface area (Å²) in [7, 11) is 0. The van der Waals surface area contributed by atoms with Crippen molar-refractivity contribution >= 4 is 0 Å². The molecule has 0 saturated carbocycles. The summed E-state index contributed by atoms with van der Waals surface area (Å²) < 4.78 is 0. The van der Waals surface area contributed by atoms with Gasteiger partial charge in [0.2, 0.25) is 0 Å². The molecule has 0 nitrogen and oxygen atoms in total. The molecule has 0 heterocycles. The highest BCUT2D eigenvalue weighted by Gasteiger charge is 2.18. The van der Waals surface area contributed by atoms with Crippen molar-refractivity contribution < 1.29 is 0 Å². The summed E-state index contributed by atoms with van der Waals surface area (Å²) in [6, 6.07) is 18.1. The summed E-state index contributed by atoms with van der Waals surface area (Å²) in [6.07, 6.45) is 8.86. The molecule has 2 rings (SSSR count). The molecule has 0 radical (unpaired) electrons. The van der Waals surface area contributed by atoms with Gasteiger partial charge in [-0.2, -0.15) is 0 Å². The maximum absolute atomic E-state index is 2.36. The summed E-state index contributed by atoms with van der Waals surface area (Å²) in [5.74, 6) is 0.555. The van der Waals surface area contributed by atoms with Gasteiger partial charge >= 0.3 is 0 Å². The van der Waals surface area contributed by atoms with Crippen LogP contribution in [0.4, 0.5) is 0 Å². The highest BCUT2D eigenvalue weighted by molar-refractivity contribution is 5.41. The predicted molar refractivity (Wildman–Crippen MR) is 102 cm³/mol. The fourth-order valence-electron chi connectivity index (χ4n) is 3.65. The van der Waals surface area contributed by atoms with Gasteiger partial charge in [-0.05, 0) is 41.5 Å². The molecule has 0 unspecified atom stereocenters. The molecule has 0 amide bonds. The van der Waals surface area contributed by atoms with Crippen LogP contribution < -0.4 is 0 Å². The highest BCUT2D eigenvalue weighted by Crippen LogP contribution is 2.34. The van der Waals surface area contributed by atoms with E-state index in [4.69, 9.17) is 0 Å². The molecule has 0 aromatic heterocycles. The Hall–Kier alpha value is -1.56. The van der Waals surface area contributed by atoms with Gasteiger partial charge in [0.25, 0.3) is 0 Å². The van der Waals surface area contributed by atoms with E-state index in [1.165, 1.54) is 43.2 Å². The first-order valence-electron chi connectivity index (χ1n) is 9.47. The SMILES string of the molecule is CCCCCCC(c1ccccc1CC)c1ccccc1CC. The van der Waals surface area contributed by atoms with Crippen LogP contribution in [0.2, 0.25) is 0 Å². The molecule has 2 aromatic rings.